The molecule has 0 spiro atoms. The molecule has 0 radical (unpaired) electrons. The Kier molecular flexibility index (Phi) is 5.00. The van der Waals surface area contributed by atoms with Crippen LogP contribution in [0.25, 0.3) is 0 Å². The average Bonchev–Trinajstić information content (AvgIpc) is 2.32. The minimum atomic E-state index is 0.336. The molecule has 1 saturated carbocycles. The van der Waals surface area contributed by atoms with E-state index in [1.165, 1.54) is 12.7 Å². The van der Waals surface area contributed by atoms with Crippen LogP contribution in [-0.4, -0.2) is 23.6 Å². The summed E-state index contributed by atoms with van der Waals surface area (Å²) in [6.07, 6.45) is 4.87. The summed E-state index contributed by atoms with van der Waals surface area (Å²) in [5.74, 6) is 2.70. The van der Waals surface area contributed by atoms with E-state index in [2.05, 4.69) is 40.3 Å². The van der Waals surface area contributed by atoms with Crippen molar-refractivity contribution in [2.24, 2.45) is 23.5 Å². The first-order valence-corrected chi connectivity index (χ1v) is 6.73. The zero-order valence-corrected chi connectivity index (χ0v) is 12.3. The molecule has 102 valence electrons. The minimum Gasteiger partial charge on any atom is -0.413 e. The average molecular weight is 251 g/mol. The van der Waals surface area contributed by atoms with Gasteiger partial charge in [-0.3, -0.25) is 0 Å². The van der Waals surface area contributed by atoms with Gasteiger partial charge < -0.3 is 10.5 Å². The summed E-state index contributed by atoms with van der Waals surface area (Å²) in [5, 5.41) is 0. The number of ether oxygens (including phenoxy) is 1. The predicted molar refractivity (Wildman–Crippen MR) is 76.3 cm³/mol. The van der Waals surface area contributed by atoms with Gasteiger partial charge in [0.2, 0.25) is 0 Å². The Bertz CT molecular complexity index is 361. The fourth-order valence-corrected chi connectivity index (χ4v) is 2.54. The molecule has 0 amide bonds. The molecule has 0 aliphatic heterocycles. The molecular weight excluding hydrogens is 224 g/mol. The number of hydrogen-bond acceptors (Lipinski definition) is 2. The molecule has 0 heterocycles. The number of nitrogens with zero attached hydrogens (tertiary/aromatic N) is 1. The molecule has 0 aromatic heterocycles. The van der Waals surface area contributed by atoms with Gasteiger partial charge in [0, 0.05) is 0 Å². The second-order valence-electron chi connectivity index (χ2n) is 5.68. The van der Waals surface area contributed by atoms with Gasteiger partial charge in [0.15, 0.2) is 6.04 Å². The molecule has 1 fully saturated rings. The van der Waals surface area contributed by atoms with Crippen molar-refractivity contribution in [3.63, 3.8) is 0 Å². The highest BCUT2D eigenvalue weighted by atomic mass is 16.5. The maximum absolute atomic E-state index is 6.19. The molecule has 1 aliphatic rings. The van der Waals surface area contributed by atoms with Crippen molar-refractivity contribution in [3.8, 4) is 0 Å². The fourth-order valence-electron chi connectivity index (χ4n) is 2.54. The second-order valence-corrected chi connectivity index (χ2v) is 5.68. The Morgan fingerprint density at radius 3 is 2.33 bits per heavy atom. The Hall–Kier alpha value is -1.25. The van der Waals surface area contributed by atoms with Crippen molar-refractivity contribution in [1.29, 1.82) is 0 Å². The van der Waals surface area contributed by atoms with Gasteiger partial charge in [-0.1, -0.05) is 20.4 Å². The summed E-state index contributed by atoms with van der Waals surface area (Å²) in [6, 6.07) is 0.336. The van der Waals surface area contributed by atoms with Crippen molar-refractivity contribution in [2.75, 3.05) is 7.05 Å². The minimum absolute atomic E-state index is 0.336. The van der Waals surface area contributed by atoms with E-state index in [0.29, 0.717) is 29.7 Å². The maximum atomic E-state index is 6.19. The normalized spacial score (nSPS) is 29.7. The lowest BCUT2D eigenvalue weighted by Crippen LogP contribution is -2.34. The third-order valence-electron chi connectivity index (χ3n) is 3.97. The van der Waals surface area contributed by atoms with Gasteiger partial charge in [-0.2, -0.15) is 4.58 Å². The van der Waals surface area contributed by atoms with Crippen molar-refractivity contribution in [2.45, 2.75) is 40.2 Å². The van der Waals surface area contributed by atoms with Crippen molar-refractivity contribution < 1.29 is 9.31 Å². The quantitative estimate of drug-likeness (QED) is 0.361. The molecule has 0 aromatic carbocycles. The summed E-state index contributed by atoms with van der Waals surface area (Å²) in [6.45, 7) is 12.4. The van der Waals surface area contributed by atoms with Crippen LogP contribution in [0.2, 0.25) is 0 Å². The lowest BCUT2D eigenvalue weighted by atomic mass is 9.66. The molecule has 2 atom stereocenters. The predicted octanol–water partition coefficient (Wildman–Crippen LogP) is 2.73. The monoisotopic (exact) mass is 251 g/mol. The van der Waals surface area contributed by atoms with Gasteiger partial charge in [0.1, 0.15) is 12.7 Å². The summed E-state index contributed by atoms with van der Waals surface area (Å²) >= 11 is 0. The zero-order valence-electron chi connectivity index (χ0n) is 12.3. The van der Waals surface area contributed by atoms with Gasteiger partial charge in [0.05, 0.1) is 6.26 Å². The third-order valence-corrected chi connectivity index (χ3v) is 3.97. The summed E-state index contributed by atoms with van der Waals surface area (Å²) < 4.78 is 7.51. The first-order valence-electron chi connectivity index (χ1n) is 6.73. The molecule has 2 N–H and O–H groups in total. The van der Waals surface area contributed by atoms with Crippen LogP contribution in [0.5, 0.6) is 0 Å². The number of nitrogens with two attached hydrogens (primary N) is 1. The highest BCUT2D eigenvalue weighted by Gasteiger charge is 2.34. The van der Waals surface area contributed by atoms with Crippen molar-refractivity contribution in [1.82, 2.24) is 0 Å². The molecule has 1 aliphatic carbocycles. The summed E-state index contributed by atoms with van der Waals surface area (Å²) in [4.78, 5) is 0. The summed E-state index contributed by atoms with van der Waals surface area (Å²) in [5.41, 5.74) is 6.90. The summed E-state index contributed by atoms with van der Waals surface area (Å²) in [7, 11) is 1.98. The number of allylic oxidation sites excluding steroid dienone is 1. The van der Waals surface area contributed by atoms with Crippen LogP contribution < -0.4 is 5.73 Å². The zero-order chi connectivity index (χ0) is 13.9. The first-order chi connectivity index (χ1) is 8.38. The molecular formula is C15H27N2O+. The maximum Gasteiger partial charge on any atom is 0.390 e. The van der Waals surface area contributed by atoms with Crippen molar-refractivity contribution >= 4 is 5.90 Å². The van der Waals surface area contributed by atoms with E-state index >= 15 is 0 Å². The van der Waals surface area contributed by atoms with E-state index in [0.717, 1.165) is 5.70 Å². The first kappa shape index (κ1) is 14.8. The number of rotatable bonds is 4. The largest absolute Gasteiger partial charge is 0.413 e. The topological polar surface area (TPSA) is 38.3 Å². The van der Waals surface area contributed by atoms with Gasteiger partial charge in [-0.15, -0.1) is 0 Å². The lowest BCUT2D eigenvalue weighted by molar-refractivity contribution is -0.536. The molecule has 0 saturated heterocycles. The Labute approximate surface area is 111 Å². The Balaban J connectivity index is 2.96. The lowest BCUT2D eigenvalue weighted by Gasteiger charge is -2.39. The van der Waals surface area contributed by atoms with E-state index < -0.39 is 0 Å². The van der Waals surface area contributed by atoms with Gasteiger partial charge in [0.25, 0.3) is 0 Å². The van der Waals surface area contributed by atoms with E-state index in [-0.39, 0.29) is 0 Å². The van der Waals surface area contributed by atoms with Crippen LogP contribution in [0.15, 0.2) is 24.6 Å². The second kappa shape index (κ2) is 6.07. The smallest absolute Gasteiger partial charge is 0.390 e. The number of hydrogen-bond donors (Lipinski definition) is 1. The molecule has 3 nitrogen and oxygen atoms in total. The van der Waals surface area contributed by atoms with Crippen LogP contribution in [-0.2, 0) is 4.74 Å². The SMILES string of the molecule is C=COC(/C(N)=C\C1C(C)CC1C)=[N+](C)C(C)C. The Morgan fingerprint density at radius 2 is 1.94 bits per heavy atom. The highest BCUT2D eigenvalue weighted by Crippen LogP contribution is 2.40. The van der Waals surface area contributed by atoms with Crippen molar-refractivity contribution in [3.05, 3.63) is 24.6 Å². The van der Waals surface area contributed by atoms with E-state index in [1.807, 2.05) is 11.6 Å². The van der Waals surface area contributed by atoms with Crippen LogP contribution in [0.4, 0.5) is 0 Å². The molecule has 0 aromatic rings. The van der Waals surface area contributed by atoms with Gasteiger partial charge in [-0.25, -0.2) is 0 Å². The Morgan fingerprint density at radius 1 is 1.39 bits per heavy atom. The molecule has 2 unspecified atom stereocenters. The van der Waals surface area contributed by atoms with Crippen LogP contribution in [0.1, 0.15) is 34.1 Å². The van der Waals surface area contributed by atoms with E-state index in [4.69, 9.17) is 10.5 Å². The van der Waals surface area contributed by atoms with E-state index in [9.17, 15) is 0 Å². The standard InChI is InChI=1S/C15H27N2O/c1-7-18-15(17(6)10(2)3)14(16)9-13-11(4)8-12(13)5/h7,9-13H,1,8,16H2,2-6H3/q+1/b14-9+,17-15?. The van der Waals surface area contributed by atoms with Gasteiger partial charge >= 0.3 is 5.90 Å². The van der Waals surface area contributed by atoms with Gasteiger partial charge in [-0.05, 0) is 44.1 Å². The van der Waals surface area contributed by atoms with E-state index in [1.54, 1.807) is 0 Å². The van der Waals surface area contributed by atoms with Crippen LogP contribution in [0, 0.1) is 17.8 Å². The molecule has 0 bridgehead atoms. The van der Waals surface area contributed by atoms with Crippen LogP contribution in [0.3, 0.4) is 0 Å². The molecule has 3 heteroatoms. The molecule has 1 rings (SSSR count). The van der Waals surface area contributed by atoms with Crippen LogP contribution >= 0.6 is 0 Å². The fraction of sp³-hybridized carbons (Fsp3) is 0.667. The molecule has 18 heavy (non-hydrogen) atoms. The highest BCUT2D eigenvalue weighted by molar-refractivity contribution is 5.88. The third kappa shape index (κ3) is 3.15.